The third-order valence-electron chi connectivity index (χ3n) is 4.22. The molecule has 118 valence electrons. The molecule has 1 aliphatic carbocycles. The van der Waals surface area contributed by atoms with E-state index in [0.29, 0.717) is 13.0 Å². The second-order valence-electron chi connectivity index (χ2n) is 6.09. The number of aliphatic hydroxyl groups excluding tert-OH is 1. The molecule has 0 aromatic heterocycles. The van der Waals surface area contributed by atoms with E-state index >= 15 is 0 Å². The maximum atomic E-state index is 10.7. The van der Waals surface area contributed by atoms with Crippen LogP contribution in [0.4, 0.5) is 0 Å². The van der Waals surface area contributed by atoms with Crippen molar-refractivity contribution in [2.75, 3.05) is 12.3 Å². The Morgan fingerprint density at radius 3 is 2.57 bits per heavy atom. The van der Waals surface area contributed by atoms with Crippen LogP contribution in [0.2, 0.25) is 0 Å². The van der Waals surface area contributed by atoms with E-state index in [9.17, 15) is 10.2 Å². The van der Waals surface area contributed by atoms with Gasteiger partial charge in [0.1, 0.15) is 0 Å². The summed E-state index contributed by atoms with van der Waals surface area (Å²) < 4.78 is 0. The van der Waals surface area contributed by atoms with E-state index in [4.69, 9.17) is 5.73 Å². The summed E-state index contributed by atoms with van der Waals surface area (Å²) in [6, 6.07) is 7.97. The first-order valence-electron chi connectivity index (χ1n) is 7.96. The molecule has 0 bridgehead atoms. The van der Waals surface area contributed by atoms with Gasteiger partial charge in [0, 0.05) is 10.6 Å². The second kappa shape index (κ2) is 8.18. The lowest BCUT2D eigenvalue weighted by Gasteiger charge is -2.26. The van der Waals surface area contributed by atoms with Crippen molar-refractivity contribution in [3.63, 3.8) is 0 Å². The second-order valence-corrected chi connectivity index (χ2v) is 7.14. The van der Waals surface area contributed by atoms with Crippen molar-refractivity contribution >= 4 is 11.8 Å². The van der Waals surface area contributed by atoms with Gasteiger partial charge in [0.25, 0.3) is 0 Å². The van der Waals surface area contributed by atoms with E-state index in [2.05, 4.69) is 0 Å². The van der Waals surface area contributed by atoms with Crippen LogP contribution >= 0.6 is 11.8 Å². The van der Waals surface area contributed by atoms with Crippen LogP contribution in [0.15, 0.2) is 29.2 Å². The van der Waals surface area contributed by atoms with E-state index in [1.165, 1.54) is 12.8 Å². The van der Waals surface area contributed by atoms with Crippen molar-refractivity contribution in [2.45, 2.75) is 61.5 Å². The van der Waals surface area contributed by atoms with Crippen LogP contribution in [0.5, 0.6) is 0 Å². The lowest BCUT2D eigenvalue weighted by Crippen LogP contribution is -2.30. The Bertz CT molecular complexity index is 431. The molecule has 21 heavy (non-hydrogen) atoms. The normalized spacial score (nSPS) is 20.0. The highest BCUT2D eigenvalue weighted by Gasteiger charge is 2.27. The Balaban J connectivity index is 1.94. The lowest BCUT2D eigenvalue weighted by atomic mass is 9.97. The molecule has 0 radical (unpaired) electrons. The van der Waals surface area contributed by atoms with Gasteiger partial charge >= 0.3 is 0 Å². The molecule has 1 saturated carbocycles. The molecule has 1 fully saturated rings. The topological polar surface area (TPSA) is 66.5 Å². The third kappa shape index (κ3) is 5.29. The van der Waals surface area contributed by atoms with Gasteiger partial charge in [-0.25, -0.2) is 0 Å². The Labute approximate surface area is 131 Å². The molecule has 0 saturated heterocycles. The average molecular weight is 309 g/mol. The summed E-state index contributed by atoms with van der Waals surface area (Å²) in [6.07, 6.45) is 6.67. The van der Waals surface area contributed by atoms with Gasteiger partial charge in [-0.1, -0.05) is 37.8 Å². The molecule has 4 N–H and O–H groups in total. The fourth-order valence-corrected chi connectivity index (χ4v) is 4.00. The molecule has 1 atom stereocenters. The zero-order valence-electron chi connectivity index (χ0n) is 12.6. The molecule has 0 heterocycles. The number of aliphatic hydroxyl groups is 2. The first kappa shape index (κ1) is 16.8. The average Bonchev–Trinajstić information content (AvgIpc) is 2.71. The Hall–Kier alpha value is -0.550. The predicted molar refractivity (Wildman–Crippen MR) is 88.4 cm³/mol. The fraction of sp³-hybridized carbons (Fsp3) is 0.647. The summed E-state index contributed by atoms with van der Waals surface area (Å²) in [4.78, 5) is 1.11. The van der Waals surface area contributed by atoms with Crippen LogP contribution < -0.4 is 5.73 Å². The van der Waals surface area contributed by atoms with Crippen LogP contribution in [0.25, 0.3) is 0 Å². The first-order valence-corrected chi connectivity index (χ1v) is 8.95. The molecule has 4 heteroatoms. The molecule has 0 amide bonds. The van der Waals surface area contributed by atoms with Crippen molar-refractivity contribution < 1.29 is 10.2 Å². The van der Waals surface area contributed by atoms with Crippen molar-refractivity contribution in [3.8, 4) is 0 Å². The molecule has 1 aromatic carbocycles. The number of thioether (sulfide) groups is 1. The quantitative estimate of drug-likeness (QED) is 0.557. The highest BCUT2D eigenvalue weighted by Crippen LogP contribution is 2.33. The van der Waals surface area contributed by atoms with Crippen LogP contribution in [-0.4, -0.2) is 28.1 Å². The zero-order valence-corrected chi connectivity index (χ0v) is 13.4. The maximum Gasteiger partial charge on any atom is 0.0802 e. The monoisotopic (exact) mass is 309 g/mol. The zero-order chi connectivity index (χ0) is 15.1. The minimum atomic E-state index is -0.521. The minimum absolute atomic E-state index is 0.484. The molecule has 1 unspecified atom stereocenters. The van der Waals surface area contributed by atoms with E-state index in [1.807, 2.05) is 24.3 Å². The van der Waals surface area contributed by atoms with Crippen LogP contribution in [0.1, 0.15) is 56.6 Å². The summed E-state index contributed by atoms with van der Waals surface area (Å²) >= 11 is 1.69. The van der Waals surface area contributed by atoms with Gasteiger partial charge < -0.3 is 15.9 Å². The van der Waals surface area contributed by atoms with Gasteiger partial charge in [0.05, 0.1) is 11.7 Å². The summed E-state index contributed by atoms with van der Waals surface area (Å²) in [5, 5.41) is 20.7. The lowest BCUT2D eigenvalue weighted by molar-refractivity contribution is 0.0494. The predicted octanol–water partition coefficient (Wildman–Crippen LogP) is 3.25. The smallest absolute Gasteiger partial charge is 0.0802 e. The molecule has 1 aromatic rings. The van der Waals surface area contributed by atoms with E-state index in [0.717, 1.165) is 41.9 Å². The van der Waals surface area contributed by atoms with E-state index in [-0.39, 0.29) is 0 Å². The molecule has 2 rings (SSSR count). The fourth-order valence-electron chi connectivity index (χ4n) is 2.88. The highest BCUT2D eigenvalue weighted by molar-refractivity contribution is 7.99. The van der Waals surface area contributed by atoms with E-state index < -0.39 is 11.7 Å². The van der Waals surface area contributed by atoms with Crippen LogP contribution in [0, 0.1) is 0 Å². The highest BCUT2D eigenvalue weighted by atomic mass is 32.2. The Morgan fingerprint density at radius 2 is 1.90 bits per heavy atom. The summed E-state index contributed by atoms with van der Waals surface area (Å²) in [5.74, 6) is 0.740. The third-order valence-corrected chi connectivity index (χ3v) is 5.49. The van der Waals surface area contributed by atoms with Crippen molar-refractivity contribution in [1.29, 1.82) is 0 Å². The number of benzene rings is 1. The number of hydrogen-bond donors (Lipinski definition) is 3. The molecule has 0 spiro atoms. The summed E-state index contributed by atoms with van der Waals surface area (Å²) in [6.45, 7) is 0.484. The molecule has 0 aliphatic heterocycles. The van der Waals surface area contributed by atoms with Gasteiger partial charge in [-0.15, -0.1) is 11.8 Å². The van der Waals surface area contributed by atoms with Gasteiger partial charge in [-0.3, -0.25) is 0 Å². The molecular formula is C17H27NO2S. The van der Waals surface area contributed by atoms with Gasteiger partial charge in [0.2, 0.25) is 0 Å². The summed E-state index contributed by atoms with van der Waals surface area (Å²) in [7, 11) is 0. The largest absolute Gasteiger partial charge is 0.389 e. The molecular weight excluding hydrogens is 282 g/mol. The van der Waals surface area contributed by atoms with Crippen molar-refractivity contribution in [2.24, 2.45) is 5.73 Å². The number of hydrogen-bond acceptors (Lipinski definition) is 4. The Morgan fingerprint density at radius 1 is 1.19 bits per heavy atom. The first-order chi connectivity index (χ1) is 10.1. The molecule has 3 nitrogen and oxygen atoms in total. The SMILES string of the molecule is NCCC(O)c1cccc(SCC2(O)CCCCCC2)c1. The van der Waals surface area contributed by atoms with E-state index in [1.54, 1.807) is 11.8 Å². The van der Waals surface area contributed by atoms with Gasteiger partial charge in [-0.05, 0) is 43.5 Å². The van der Waals surface area contributed by atoms with Gasteiger partial charge in [-0.2, -0.15) is 0 Å². The number of nitrogens with two attached hydrogens (primary N) is 1. The maximum absolute atomic E-state index is 10.7. The Kier molecular flexibility index (Phi) is 6.55. The standard InChI is InChI=1S/C17H27NO2S/c18-11-8-16(19)14-6-5-7-15(12-14)21-13-17(20)9-3-1-2-4-10-17/h5-7,12,16,19-20H,1-4,8-11,13,18H2. The summed E-state index contributed by atoms with van der Waals surface area (Å²) in [5.41, 5.74) is 5.89. The van der Waals surface area contributed by atoms with Crippen LogP contribution in [-0.2, 0) is 0 Å². The molecule has 1 aliphatic rings. The van der Waals surface area contributed by atoms with Crippen LogP contribution in [0.3, 0.4) is 0 Å². The van der Waals surface area contributed by atoms with Crippen molar-refractivity contribution in [1.82, 2.24) is 0 Å². The number of rotatable bonds is 6. The van der Waals surface area contributed by atoms with Crippen molar-refractivity contribution in [3.05, 3.63) is 29.8 Å². The minimum Gasteiger partial charge on any atom is -0.389 e. The van der Waals surface area contributed by atoms with Gasteiger partial charge in [0.15, 0.2) is 0 Å².